The molecule has 0 aliphatic rings. The third-order valence-corrected chi connectivity index (χ3v) is 3.77. The number of anilines is 3. The van der Waals surface area contributed by atoms with Gasteiger partial charge < -0.3 is 15.2 Å². The van der Waals surface area contributed by atoms with Crippen LogP contribution in [-0.2, 0) is 0 Å². The number of carbonyl (C=O) groups excluding carboxylic acids is 1. The van der Waals surface area contributed by atoms with E-state index in [1.165, 1.54) is 0 Å². The molecule has 0 aliphatic heterocycles. The third kappa shape index (κ3) is 3.77. The van der Waals surface area contributed by atoms with Crippen molar-refractivity contribution in [3.8, 4) is 0 Å². The Morgan fingerprint density at radius 1 is 1.12 bits per heavy atom. The highest BCUT2D eigenvalue weighted by molar-refractivity contribution is 9.10. The highest BCUT2D eigenvalue weighted by Gasteiger charge is 2.13. The molecule has 8 heteroatoms. The Morgan fingerprint density at radius 2 is 1.92 bits per heavy atom. The molecule has 0 fully saturated rings. The summed E-state index contributed by atoms with van der Waals surface area (Å²) in [7, 11) is 0. The largest absolute Gasteiger partial charge is 0.360 e. The minimum absolute atomic E-state index is 0.251. The van der Waals surface area contributed by atoms with Crippen LogP contribution in [0.15, 0.2) is 45.4 Å². The van der Waals surface area contributed by atoms with Crippen molar-refractivity contribution in [2.24, 2.45) is 0 Å². The predicted molar refractivity (Wildman–Crippen MR) is 93.4 cm³/mol. The molecule has 0 spiro atoms. The van der Waals surface area contributed by atoms with Crippen molar-refractivity contribution in [2.75, 3.05) is 10.6 Å². The summed E-state index contributed by atoms with van der Waals surface area (Å²) < 4.78 is 5.79. The highest BCUT2D eigenvalue weighted by Crippen LogP contribution is 2.22. The number of aromatic nitrogens is 3. The molecule has 24 heavy (non-hydrogen) atoms. The minimum atomic E-state index is -0.327. The van der Waals surface area contributed by atoms with Crippen LogP contribution in [0.3, 0.4) is 0 Å². The normalized spacial score (nSPS) is 10.5. The predicted octanol–water partition coefficient (Wildman–Crippen LogP) is 3.84. The number of aryl methyl sites for hydroxylation is 2. The molecule has 0 saturated heterocycles. The zero-order valence-electron chi connectivity index (χ0n) is 13.0. The molecule has 2 N–H and O–H groups in total. The van der Waals surface area contributed by atoms with Crippen LogP contribution in [0, 0.1) is 13.8 Å². The van der Waals surface area contributed by atoms with E-state index in [0.29, 0.717) is 28.9 Å². The second-order valence-corrected chi connectivity index (χ2v) is 5.92. The summed E-state index contributed by atoms with van der Waals surface area (Å²) in [5, 5.41) is 9.64. The fraction of sp³-hybridized carbons (Fsp3) is 0.125. The van der Waals surface area contributed by atoms with Gasteiger partial charge in [-0.15, -0.1) is 0 Å². The first kappa shape index (κ1) is 16.1. The number of para-hydroxylation sites is 1. The number of amides is 1. The van der Waals surface area contributed by atoms with E-state index in [9.17, 15) is 4.79 Å². The van der Waals surface area contributed by atoms with Gasteiger partial charge in [-0.05, 0) is 41.9 Å². The van der Waals surface area contributed by atoms with Gasteiger partial charge in [0.25, 0.3) is 5.91 Å². The van der Waals surface area contributed by atoms with Gasteiger partial charge in [-0.1, -0.05) is 17.3 Å². The van der Waals surface area contributed by atoms with Crippen molar-refractivity contribution in [3.63, 3.8) is 0 Å². The first-order valence-corrected chi connectivity index (χ1v) is 7.92. The molecule has 0 unspecified atom stereocenters. The molecule has 122 valence electrons. The van der Waals surface area contributed by atoms with Gasteiger partial charge in [0.05, 0.1) is 5.69 Å². The van der Waals surface area contributed by atoms with Crippen LogP contribution < -0.4 is 10.6 Å². The van der Waals surface area contributed by atoms with Gasteiger partial charge in [-0.2, -0.15) is 0 Å². The molecule has 1 amide bonds. The van der Waals surface area contributed by atoms with E-state index >= 15 is 0 Å². The standard InChI is InChI=1S/C16H14BrN5O2/c1-9-7-15(22-24-9)21-14-8-13(18-10(2)19-14)16(23)20-12-6-4-3-5-11(12)17/h3-8H,1-2H3,(H,20,23)(H,18,19,21,22). The van der Waals surface area contributed by atoms with Crippen LogP contribution in [0.25, 0.3) is 0 Å². The van der Waals surface area contributed by atoms with Crippen molar-refractivity contribution in [3.05, 3.63) is 58.1 Å². The Balaban J connectivity index is 1.82. The molecule has 0 saturated carbocycles. The van der Waals surface area contributed by atoms with Crippen LogP contribution in [0.4, 0.5) is 17.3 Å². The number of hydrogen-bond donors (Lipinski definition) is 2. The Labute approximate surface area is 146 Å². The SMILES string of the molecule is Cc1nc(Nc2cc(C)on2)cc(C(=O)Nc2ccccc2Br)n1. The summed E-state index contributed by atoms with van der Waals surface area (Å²) in [6.45, 7) is 3.51. The summed E-state index contributed by atoms with van der Waals surface area (Å²) in [5.41, 5.74) is 0.918. The zero-order valence-corrected chi connectivity index (χ0v) is 14.6. The number of benzene rings is 1. The lowest BCUT2D eigenvalue weighted by atomic mass is 10.3. The van der Waals surface area contributed by atoms with E-state index in [-0.39, 0.29) is 11.6 Å². The van der Waals surface area contributed by atoms with E-state index in [1.807, 2.05) is 18.2 Å². The number of carbonyl (C=O) groups is 1. The van der Waals surface area contributed by atoms with Crippen LogP contribution in [0.5, 0.6) is 0 Å². The maximum atomic E-state index is 12.4. The van der Waals surface area contributed by atoms with Crippen molar-refractivity contribution >= 4 is 39.2 Å². The first-order valence-electron chi connectivity index (χ1n) is 7.13. The lowest BCUT2D eigenvalue weighted by Crippen LogP contribution is -2.15. The number of nitrogens with zero attached hydrogens (tertiary/aromatic N) is 3. The number of rotatable bonds is 4. The van der Waals surface area contributed by atoms with Crippen molar-refractivity contribution in [1.29, 1.82) is 0 Å². The first-order chi connectivity index (χ1) is 11.5. The topological polar surface area (TPSA) is 92.9 Å². The Hall–Kier alpha value is -2.74. The Kier molecular flexibility index (Phi) is 4.57. The summed E-state index contributed by atoms with van der Waals surface area (Å²) >= 11 is 3.39. The second kappa shape index (κ2) is 6.79. The van der Waals surface area contributed by atoms with Crippen molar-refractivity contribution in [1.82, 2.24) is 15.1 Å². The fourth-order valence-corrected chi connectivity index (χ4v) is 2.44. The van der Waals surface area contributed by atoms with Crippen molar-refractivity contribution < 1.29 is 9.32 Å². The van der Waals surface area contributed by atoms with Crippen LogP contribution in [0.2, 0.25) is 0 Å². The lowest BCUT2D eigenvalue weighted by Gasteiger charge is -2.09. The lowest BCUT2D eigenvalue weighted by molar-refractivity contribution is 0.102. The van der Waals surface area contributed by atoms with E-state index in [4.69, 9.17) is 4.52 Å². The monoisotopic (exact) mass is 387 g/mol. The summed E-state index contributed by atoms with van der Waals surface area (Å²) in [5.74, 6) is 1.80. The average molecular weight is 388 g/mol. The molecular formula is C16H14BrN5O2. The molecule has 7 nitrogen and oxygen atoms in total. The van der Waals surface area contributed by atoms with Gasteiger partial charge in [-0.3, -0.25) is 4.79 Å². The fourth-order valence-electron chi connectivity index (χ4n) is 2.05. The van der Waals surface area contributed by atoms with E-state index < -0.39 is 0 Å². The number of halogens is 1. The smallest absolute Gasteiger partial charge is 0.274 e. The average Bonchev–Trinajstić information content (AvgIpc) is 2.94. The molecule has 3 aromatic rings. The molecule has 3 rings (SSSR count). The molecule has 0 radical (unpaired) electrons. The molecule has 2 heterocycles. The Bertz CT molecular complexity index is 894. The summed E-state index contributed by atoms with van der Waals surface area (Å²) in [4.78, 5) is 20.9. The molecule has 0 atom stereocenters. The number of nitrogens with one attached hydrogen (secondary N) is 2. The molecule has 0 bridgehead atoms. The third-order valence-electron chi connectivity index (χ3n) is 3.08. The zero-order chi connectivity index (χ0) is 17.1. The van der Waals surface area contributed by atoms with E-state index in [2.05, 4.69) is 41.7 Å². The Morgan fingerprint density at radius 3 is 2.62 bits per heavy atom. The van der Waals surface area contributed by atoms with Crippen molar-refractivity contribution in [2.45, 2.75) is 13.8 Å². The number of hydrogen-bond acceptors (Lipinski definition) is 6. The van der Waals surface area contributed by atoms with Crippen LogP contribution in [0.1, 0.15) is 22.1 Å². The highest BCUT2D eigenvalue weighted by atomic mass is 79.9. The molecule has 0 aliphatic carbocycles. The minimum Gasteiger partial charge on any atom is -0.360 e. The van der Waals surface area contributed by atoms with Gasteiger partial charge in [0.1, 0.15) is 23.1 Å². The summed E-state index contributed by atoms with van der Waals surface area (Å²) in [6.07, 6.45) is 0. The van der Waals surface area contributed by atoms with Gasteiger partial charge in [0.2, 0.25) is 0 Å². The van der Waals surface area contributed by atoms with Crippen LogP contribution in [-0.4, -0.2) is 21.0 Å². The van der Waals surface area contributed by atoms with Gasteiger partial charge in [0, 0.05) is 16.6 Å². The maximum Gasteiger partial charge on any atom is 0.274 e. The van der Waals surface area contributed by atoms with Crippen LogP contribution >= 0.6 is 15.9 Å². The second-order valence-electron chi connectivity index (χ2n) is 5.07. The van der Waals surface area contributed by atoms with E-state index in [1.54, 1.807) is 32.0 Å². The molecule has 2 aromatic heterocycles. The molecule has 1 aromatic carbocycles. The van der Waals surface area contributed by atoms with E-state index in [0.717, 1.165) is 4.47 Å². The van der Waals surface area contributed by atoms with Gasteiger partial charge in [0.15, 0.2) is 5.82 Å². The summed E-state index contributed by atoms with van der Waals surface area (Å²) in [6, 6.07) is 10.7. The van der Waals surface area contributed by atoms with Gasteiger partial charge >= 0.3 is 0 Å². The maximum absolute atomic E-state index is 12.4. The quantitative estimate of drug-likeness (QED) is 0.706. The molecular weight excluding hydrogens is 374 g/mol. The van der Waals surface area contributed by atoms with Gasteiger partial charge in [-0.25, -0.2) is 9.97 Å².